The van der Waals surface area contributed by atoms with Crippen molar-refractivity contribution in [3.8, 4) is 16.9 Å². The topological polar surface area (TPSA) is 145 Å². The second-order valence-electron chi connectivity index (χ2n) is 9.48. The number of Topliss-reactive ketones (excluding diaryl/α,β-unsaturated/α-hetero) is 1. The molecule has 3 N–H and O–H groups in total. The molecule has 0 spiro atoms. The van der Waals surface area contributed by atoms with Gasteiger partial charge in [-0.25, -0.2) is 14.6 Å². The molecule has 11 nitrogen and oxygen atoms in total. The van der Waals surface area contributed by atoms with E-state index >= 15 is 0 Å². The van der Waals surface area contributed by atoms with Crippen LogP contribution in [0, 0.1) is 0 Å². The number of aliphatic hydroxyl groups is 1. The van der Waals surface area contributed by atoms with E-state index < -0.39 is 6.61 Å². The number of fused-ring (bicyclic) bond motifs is 3. The fourth-order valence-corrected chi connectivity index (χ4v) is 5.86. The number of nitrogens with zero attached hydrogens (tertiary/aromatic N) is 7. The lowest BCUT2D eigenvalue weighted by atomic mass is 9.85. The summed E-state index contributed by atoms with van der Waals surface area (Å²) >= 11 is 0. The zero-order valence-corrected chi connectivity index (χ0v) is 19.8. The highest BCUT2D eigenvalue weighted by molar-refractivity contribution is 6.00. The van der Waals surface area contributed by atoms with Gasteiger partial charge in [0.2, 0.25) is 5.91 Å². The molecule has 4 aromatic rings. The highest BCUT2D eigenvalue weighted by atomic mass is 16.3. The predicted molar refractivity (Wildman–Crippen MR) is 130 cm³/mol. The molecule has 2 aliphatic rings. The van der Waals surface area contributed by atoms with Gasteiger partial charge in [-0.2, -0.15) is 14.7 Å². The van der Waals surface area contributed by atoms with Gasteiger partial charge in [0.25, 0.3) is 0 Å². The van der Waals surface area contributed by atoms with Gasteiger partial charge in [0.15, 0.2) is 17.2 Å². The summed E-state index contributed by atoms with van der Waals surface area (Å²) in [7, 11) is 0. The van der Waals surface area contributed by atoms with Crippen LogP contribution < -0.4 is 5.73 Å². The zero-order valence-electron chi connectivity index (χ0n) is 19.8. The molecule has 6 heterocycles. The Labute approximate surface area is 206 Å². The molecule has 36 heavy (non-hydrogen) atoms. The zero-order chi connectivity index (χ0) is 25.0. The quantitative estimate of drug-likeness (QED) is 0.408. The number of carbonyl (C=O) groups is 2. The van der Waals surface area contributed by atoms with Crippen molar-refractivity contribution in [3.63, 3.8) is 0 Å². The van der Waals surface area contributed by atoms with Gasteiger partial charge in [-0.1, -0.05) is 6.07 Å². The molecule has 1 amide bonds. The first kappa shape index (κ1) is 22.4. The van der Waals surface area contributed by atoms with Crippen LogP contribution in [0.15, 0.2) is 43.0 Å². The standard InChI is InChI=1S/C25H26N8O3/c1-14(35)22-23(15-8-17-5-6-18(9-15)32(17)21(36)13-34)30-25-19(11-29-33(25)24(22)26)16-10-28-31(12-16)20-4-2-3-7-27-20/h2-4,7,10-12,15,17-18,34H,5-6,8-9,13,26H2,1H3/t15-,17+,18-. The number of carbonyl (C=O) groups excluding carboxylic acids is 2. The molecule has 3 atom stereocenters. The third-order valence-electron chi connectivity index (χ3n) is 7.38. The summed E-state index contributed by atoms with van der Waals surface area (Å²) in [6, 6.07) is 5.64. The predicted octanol–water partition coefficient (Wildman–Crippen LogP) is 1.99. The van der Waals surface area contributed by atoms with Gasteiger partial charge in [0.1, 0.15) is 12.4 Å². The Hall–Kier alpha value is -4.12. The normalized spacial score (nSPS) is 21.3. The van der Waals surface area contributed by atoms with Crippen LogP contribution >= 0.6 is 0 Å². The lowest BCUT2D eigenvalue weighted by molar-refractivity contribution is -0.138. The molecular weight excluding hydrogens is 460 g/mol. The van der Waals surface area contributed by atoms with Crippen molar-refractivity contribution < 1.29 is 14.7 Å². The maximum absolute atomic E-state index is 12.7. The summed E-state index contributed by atoms with van der Waals surface area (Å²) in [4.78, 5) is 36.2. The van der Waals surface area contributed by atoms with Crippen LogP contribution in [0.25, 0.3) is 22.6 Å². The van der Waals surface area contributed by atoms with Gasteiger partial charge in [-0.05, 0) is 44.7 Å². The van der Waals surface area contributed by atoms with Crippen LogP contribution in [0.2, 0.25) is 0 Å². The van der Waals surface area contributed by atoms with Crippen molar-refractivity contribution in [2.24, 2.45) is 0 Å². The smallest absolute Gasteiger partial charge is 0.248 e. The summed E-state index contributed by atoms with van der Waals surface area (Å²) in [5.41, 5.74) is 9.64. The van der Waals surface area contributed by atoms with Gasteiger partial charge in [0, 0.05) is 41.5 Å². The number of anilines is 1. The minimum atomic E-state index is -0.487. The molecule has 0 unspecified atom stereocenters. The first-order valence-corrected chi connectivity index (χ1v) is 12.0. The number of nitrogen functional groups attached to an aromatic ring is 1. The van der Waals surface area contributed by atoms with E-state index in [9.17, 15) is 14.7 Å². The molecule has 0 aromatic carbocycles. The Morgan fingerprint density at radius 2 is 1.92 bits per heavy atom. The number of rotatable bonds is 5. The Morgan fingerprint density at radius 3 is 2.58 bits per heavy atom. The maximum Gasteiger partial charge on any atom is 0.248 e. The van der Waals surface area contributed by atoms with Crippen LogP contribution in [0.3, 0.4) is 0 Å². The van der Waals surface area contributed by atoms with Crippen LogP contribution in [-0.2, 0) is 4.79 Å². The molecule has 0 saturated carbocycles. The van der Waals surface area contributed by atoms with Gasteiger partial charge < -0.3 is 15.7 Å². The average Bonchev–Trinajstić information content (AvgIpc) is 3.60. The number of hydrogen-bond acceptors (Lipinski definition) is 8. The van der Waals surface area contributed by atoms with Crippen molar-refractivity contribution >= 4 is 23.2 Å². The van der Waals surface area contributed by atoms with E-state index in [-0.39, 0.29) is 35.5 Å². The molecule has 11 heteroatoms. The fourth-order valence-electron chi connectivity index (χ4n) is 5.86. The van der Waals surface area contributed by atoms with Gasteiger partial charge in [0.05, 0.1) is 23.7 Å². The third-order valence-corrected chi connectivity index (χ3v) is 7.38. The summed E-state index contributed by atoms with van der Waals surface area (Å²) < 4.78 is 3.19. The molecule has 184 valence electrons. The molecule has 2 fully saturated rings. The highest BCUT2D eigenvalue weighted by Gasteiger charge is 2.44. The van der Waals surface area contributed by atoms with E-state index in [4.69, 9.17) is 10.7 Å². The van der Waals surface area contributed by atoms with Gasteiger partial charge >= 0.3 is 0 Å². The summed E-state index contributed by atoms with van der Waals surface area (Å²) in [5.74, 6) is 0.506. The van der Waals surface area contributed by atoms with Crippen LogP contribution in [-0.4, -0.2) is 69.7 Å². The lowest BCUT2D eigenvalue weighted by Gasteiger charge is -2.39. The molecule has 2 saturated heterocycles. The second-order valence-corrected chi connectivity index (χ2v) is 9.48. The number of hydrogen-bond donors (Lipinski definition) is 2. The lowest BCUT2D eigenvalue weighted by Crippen LogP contribution is -2.47. The molecule has 6 rings (SSSR count). The minimum absolute atomic E-state index is 0.0217. The van der Waals surface area contributed by atoms with E-state index in [0.717, 1.165) is 24.0 Å². The van der Waals surface area contributed by atoms with Crippen molar-refractivity contribution in [2.75, 3.05) is 12.3 Å². The van der Waals surface area contributed by atoms with Gasteiger partial charge in [-0.3, -0.25) is 9.59 Å². The maximum atomic E-state index is 12.7. The van der Waals surface area contributed by atoms with Crippen LogP contribution in [0.5, 0.6) is 0 Å². The number of aliphatic hydroxyl groups excluding tert-OH is 1. The van der Waals surface area contributed by atoms with Gasteiger partial charge in [-0.15, -0.1) is 0 Å². The van der Waals surface area contributed by atoms with Crippen molar-refractivity contribution in [1.29, 1.82) is 0 Å². The third kappa shape index (κ3) is 3.46. The van der Waals surface area contributed by atoms with E-state index in [0.29, 0.717) is 35.6 Å². The van der Waals surface area contributed by atoms with Crippen molar-refractivity contribution in [3.05, 3.63) is 54.2 Å². The van der Waals surface area contributed by atoms with Crippen LogP contribution in [0.1, 0.15) is 54.6 Å². The number of amides is 1. The first-order valence-electron chi connectivity index (χ1n) is 12.0. The molecular formula is C25H26N8O3. The molecule has 4 aromatic heterocycles. The van der Waals surface area contributed by atoms with E-state index in [2.05, 4.69) is 15.2 Å². The Morgan fingerprint density at radius 1 is 1.14 bits per heavy atom. The largest absolute Gasteiger partial charge is 0.387 e. The first-order chi connectivity index (χ1) is 17.5. The molecule has 0 aliphatic carbocycles. The Kier molecular flexibility index (Phi) is 5.29. The average molecular weight is 487 g/mol. The van der Waals surface area contributed by atoms with E-state index in [1.807, 2.05) is 29.3 Å². The number of nitrogens with two attached hydrogens (primary N) is 1. The molecule has 2 aliphatic heterocycles. The van der Waals surface area contributed by atoms with E-state index in [1.165, 1.54) is 11.4 Å². The molecule has 0 radical (unpaired) electrons. The summed E-state index contributed by atoms with van der Waals surface area (Å²) in [6.45, 7) is 1.00. The Bertz CT molecular complexity index is 1460. The summed E-state index contributed by atoms with van der Waals surface area (Å²) in [5, 5.41) is 18.3. The van der Waals surface area contributed by atoms with Crippen LogP contribution in [0.4, 0.5) is 5.82 Å². The number of pyridine rings is 1. The SMILES string of the molecule is CC(=O)c1c([C@H]2C[C@H]3CC[C@@H](C2)N3C(=O)CO)nc2c(-c3cnn(-c4ccccn4)c3)cnn2c1N. The van der Waals surface area contributed by atoms with E-state index in [1.54, 1.807) is 23.3 Å². The summed E-state index contributed by atoms with van der Waals surface area (Å²) in [6.07, 6.45) is 10.1. The minimum Gasteiger partial charge on any atom is -0.387 e. The highest BCUT2D eigenvalue weighted by Crippen LogP contribution is 2.44. The van der Waals surface area contributed by atoms with Crippen molar-refractivity contribution in [1.82, 2.24) is 34.3 Å². The second kappa shape index (κ2) is 8.52. The number of piperidine rings is 1. The monoisotopic (exact) mass is 486 g/mol. The van der Waals surface area contributed by atoms with Crippen molar-refractivity contribution in [2.45, 2.75) is 50.6 Å². The number of aromatic nitrogens is 6. The Balaban J connectivity index is 1.43. The molecule has 2 bridgehead atoms. The number of ketones is 1. The fraction of sp³-hybridized carbons (Fsp3) is 0.360.